The molecule has 1 saturated heterocycles. The van der Waals surface area contributed by atoms with Crippen LogP contribution in [0.3, 0.4) is 0 Å². The van der Waals surface area contributed by atoms with Crippen LogP contribution in [0, 0.1) is 0 Å². The summed E-state index contributed by atoms with van der Waals surface area (Å²) < 4.78 is 3.04. The maximum Gasteiger partial charge on any atom is 0.135 e. The van der Waals surface area contributed by atoms with Crippen LogP contribution >= 0.6 is 15.9 Å². The summed E-state index contributed by atoms with van der Waals surface area (Å²) in [5.41, 5.74) is 0. The van der Waals surface area contributed by atoms with Crippen molar-refractivity contribution in [2.24, 2.45) is 7.05 Å². The molecular weight excluding hydrogens is 306 g/mol. The minimum atomic E-state index is 0.513. The molecule has 0 bridgehead atoms. The van der Waals surface area contributed by atoms with E-state index in [1.165, 1.54) is 0 Å². The molecule has 6 heteroatoms. The van der Waals surface area contributed by atoms with E-state index in [0.29, 0.717) is 5.92 Å². The number of anilines is 1. The molecule has 5 nitrogen and oxygen atoms in total. The van der Waals surface area contributed by atoms with Crippen molar-refractivity contribution in [3.63, 3.8) is 0 Å². The summed E-state index contributed by atoms with van der Waals surface area (Å²) in [5.74, 6) is 2.67. The fraction of sp³-hybridized carbons (Fsp3) is 0.462. The Bertz CT molecular complexity index is 542. The van der Waals surface area contributed by atoms with Gasteiger partial charge in [-0.05, 0) is 40.9 Å². The van der Waals surface area contributed by atoms with Gasteiger partial charge in [0.2, 0.25) is 0 Å². The van der Waals surface area contributed by atoms with E-state index in [1.807, 2.05) is 23.9 Å². The van der Waals surface area contributed by atoms with Crippen LogP contribution in [0.1, 0.15) is 24.6 Å². The maximum absolute atomic E-state index is 4.45. The van der Waals surface area contributed by atoms with Gasteiger partial charge in [-0.2, -0.15) is 0 Å². The first-order valence-corrected chi connectivity index (χ1v) is 7.24. The minimum absolute atomic E-state index is 0.513. The molecule has 0 radical (unpaired) electrons. The SMILES string of the molecule is Cn1cnnc1C1CCN(c2ccc(Br)cn2)CC1. The van der Waals surface area contributed by atoms with Gasteiger partial charge in [0.15, 0.2) is 0 Å². The number of pyridine rings is 1. The maximum atomic E-state index is 4.45. The summed E-state index contributed by atoms with van der Waals surface area (Å²) in [5, 5.41) is 8.19. The van der Waals surface area contributed by atoms with Crippen molar-refractivity contribution in [2.75, 3.05) is 18.0 Å². The van der Waals surface area contributed by atoms with E-state index >= 15 is 0 Å². The smallest absolute Gasteiger partial charge is 0.135 e. The molecule has 0 saturated carbocycles. The van der Waals surface area contributed by atoms with Crippen LogP contribution in [0.15, 0.2) is 29.1 Å². The number of aryl methyl sites for hydroxylation is 1. The fourth-order valence-electron chi connectivity index (χ4n) is 2.58. The molecule has 0 N–H and O–H groups in total. The topological polar surface area (TPSA) is 46.8 Å². The summed E-state index contributed by atoms with van der Waals surface area (Å²) in [6.45, 7) is 2.04. The molecule has 0 atom stereocenters. The molecule has 0 aliphatic carbocycles. The van der Waals surface area contributed by atoms with E-state index in [2.05, 4.69) is 42.1 Å². The van der Waals surface area contributed by atoms with Gasteiger partial charge in [0.1, 0.15) is 18.0 Å². The van der Waals surface area contributed by atoms with Gasteiger partial charge in [0.05, 0.1) is 0 Å². The number of hydrogen-bond donors (Lipinski definition) is 0. The Kier molecular flexibility index (Phi) is 3.50. The standard InChI is InChI=1S/C13H16BrN5/c1-18-9-16-17-13(18)10-4-6-19(7-5-10)12-3-2-11(14)8-15-12/h2-3,8-10H,4-7H2,1H3. The lowest BCUT2D eigenvalue weighted by molar-refractivity contribution is 0.472. The summed E-state index contributed by atoms with van der Waals surface area (Å²) in [4.78, 5) is 6.79. The lowest BCUT2D eigenvalue weighted by atomic mass is 9.96. The lowest BCUT2D eigenvalue weighted by Gasteiger charge is -2.32. The van der Waals surface area contributed by atoms with Crippen LogP contribution in [-0.4, -0.2) is 32.8 Å². The van der Waals surface area contributed by atoms with Gasteiger partial charge < -0.3 is 9.47 Å². The zero-order valence-electron chi connectivity index (χ0n) is 10.8. The van der Waals surface area contributed by atoms with Crippen LogP contribution in [0.4, 0.5) is 5.82 Å². The average Bonchev–Trinajstić information content (AvgIpc) is 2.86. The molecule has 0 aromatic carbocycles. The molecule has 3 heterocycles. The largest absolute Gasteiger partial charge is 0.357 e. The van der Waals surface area contributed by atoms with Crippen molar-refractivity contribution in [1.29, 1.82) is 0 Å². The minimum Gasteiger partial charge on any atom is -0.357 e. The number of halogens is 1. The highest BCUT2D eigenvalue weighted by molar-refractivity contribution is 9.10. The van der Waals surface area contributed by atoms with Gasteiger partial charge in [-0.15, -0.1) is 10.2 Å². The van der Waals surface area contributed by atoms with Crippen molar-refractivity contribution in [3.8, 4) is 0 Å². The second-order valence-corrected chi connectivity index (χ2v) is 5.81. The van der Waals surface area contributed by atoms with Crippen molar-refractivity contribution in [1.82, 2.24) is 19.7 Å². The second kappa shape index (κ2) is 5.28. The first-order valence-electron chi connectivity index (χ1n) is 6.44. The predicted octanol–water partition coefficient (Wildman–Crippen LogP) is 2.36. The van der Waals surface area contributed by atoms with Crippen LogP contribution in [0.2, 0.25) is 0 Å². The first-order chi connectivity index (χ1) is 9.24. The molecule has 1 aliphatic rings. The molecule has 0 unspecified atom stereocenters. The van der Waals surface area contributed by atoms with E-state index in [4.69, 9.17) is 0 Å². The summed E-state index contributed by atoms with van der Waals surface area (Å²) in [6, 6.07) is 4.10. The van der Waals surface area contributed by atoms with Crippen molar-refractivity contribution in [3.05, 3.63) is 35.0 Å². The fourth-order valence-corrected chi connectivity index (χ4v) is 2.82. The van der Waals surface area contributed by atoms with Crippen LogP contribution in [0.25, 0.3) is 0 Å². The van der Waals surface area contributed by atoms with Gasteiger partial charge in [0.25, 0.3) is 0 Å². The average molecular weight is 322 g/mol. The molecule has 2 aromatic rings. The zero-order valence-corrected chi connectivity index (χ0v) is 12.4. The Hall–Kier alpha value is -1.43. The Morgan fingerprint density at radius 2 is 2.05 bits per heavy atom. The van der Waals surface area contributed by atoms with Crippen molar-refractivity contribution >= 4 is 21.7 Å². The second-order valence-electron chi connectivity index (χ2n) is 4.90. The van der Waals surface area contributed by atoms with E-state index in [-0.39, 0.29) is 0 Å². The number of aromatic nitrogens is 4. The molecule has 100 valence electrons. The van der Waals surface area contributed by atoms with E-state index in [1.54, 1.807) is 6.33 Å². The molecule has 1 fully saturated rings. The number of hydrogen-bond acceptors (Lipinski definition) is 4. The summed E-state index contributed by atoms with van der Waals surface area (Å²) in [7, 11) is 2.01. The molecule has 3 rings (SSSR count). The predicted molar refractivity (Wildman–Crippen MR) is 77.1 cm³/mol. The normalized spacial score (nSPS) is 16.8. The third-order valence-electron chi connectivity index (χ3n) is 3.64. The van der Waals surface area contributed by atoms with Crippen LogP contribution in [-0.2, 0) is 7.05 Å². The molecule has 0 amide bonds. The highest BCUT2D eigenvalue weighted by Crippen LogP contribution is 2.28. The Morgan fingerprint density at radius 3 is 2.63 bits per heavy atom. The first kappa shape index (κ1) is 12.6. The van der Waals surface area contributed by atoms with Gasteiger partial charge in [-0.25, -0.2) is 4.98 Å². The van der Waals surface area contributed by atoms with E-state index in [0.717, 1.165) is 42.0 Å². The lowest BCUT2D eigenvalue weighted by Crippen LogP contribution is -2.34. The summed E-state index contributed by atoms with van der Waals surface area (Å²) in [6.07, 6.45) is 5.83. The number of nitrogens with zero attached hydrogens (tertiary/aromatic N) is 5. The van der Waals surface area contributed by atoms with Gasteiger partial charge in [-0.1, -0.05) is 0 Å². The quantitative estimate of drug-likeness (QED) is 0.852. The third kappa shape index (κ3) is 2.63. The summed E-state index contributed by atoms with van der Waals surface area (Å²) >= 11 is 3.41. The van der Waals surface area contributed by atoms with Crippen LogP contribution < -0.4 is 4.90 Å². The third-order valence-corrected chi connectivity index (χ3v) is 4.11. The van der Waals surface area contributed by atoms with Gasteiger partial charge in [0, 0.05) is 36.7 Å². The number of piperidine rings is 1. The Balaban J connectivity index is 1.66. The van der Waals surface area contributed by atoms with Crippen LogP contribution in [0.5, 0.6) is 0 Å². The highest BCUT2D eigenvalue weighted by atomic mass is 79.9. The zero-order chi connectivity index (χ0) is 13.2. The molecular formula is C13H16BrN5. The van der Waals surface area contributed by atoms with Crippen molar-refractivity contribution in [2.45, 2.75) is 18.8 Å². The Morgan fingerprint density at radius 1 is 1.26 bits per heavy atom. The van der Waals surface area contributed by atoms with Gasteiger partial charge >= 0.3 is 0 Å². The highest BCUT2D eigenvalue weighted by Gasteiger charge is 2.24. The van der Waals surface area contributed by atoms with E-state index < -0.39 is 0 Å². The molecule has 1 aliphatic heterocycles. The molecule has 0 spiro atoms. The van der Waals surface area contributed by atoms with E-state index in [9.17, 15) is 0 Å². The molecule has 19 heavy (non-hydrogen) atoms. The van der Waals surface area contributed by atoms with Crippen molar-refractivity contribution < 1.29 is 0 Å². The molecule has 2 aromatic heterocycles. The number of rotatable bonds is 2. The van der Waals surface area contributed by atoms with Gasteiger partial charge in [-0.3, -0.25) is 0 Å². The monoisotopic (exact) mass is 321 g/mol. The Labute approximate surface area is 120 Å².